The monoisotopic (exact) mass is 443 g/mol. The van der Waals surface area contributed by atoms with Gasteiger partial charge in [-0.15, -0.1) is 0 Å². The molecule has 0 atom stereocenters. The minimum absolute atomic E-state index is 0.205. The number of nitrogens with one attached hydrogen (secondary N) is 1. The zero-order valence-electron chi connectivity index (χ0n) is 14.2. The Morgan fingerprint density at radius 1 is 1.10 bits per heavy atom. The normalized spacial score (nSPS) is 11.8. The number of furan rings is 1. The molecule has 2 aromatic carbocycles. The number of anilines is 1. The van der Waals surface area contributed by atoms with Crippen molar-refractivity contribution in [2.24, 2.45) is 5.10 Å². The molecule has 29 heavy (non-hydrogen) atoms. The Labute approximate surface area is 171 Å². The van der Waals surface area contributed by atoms with E-state index in [9.17, 15) is 23.3 Å². The first kappa shape index (κ1) is 20.7. The third-order valence-electron chi connectivity index (χ3n) is 3.72. The van der Waals surface area contributed by atoms with Gasteiger partial charge >= 0.3 is 6.18 Å². The topological polar surface area (TPSA) is 80.7 Å². The van der Waals surface area contributed by atoms with Crippen molar-refractivity contribution in [3.63, 3.8) is 0 Å². The van der Waals surface area contributed by atoms with Gasteiger partial charge in [0.25, 0.3) is 5.69 Å². The van der Waals surface area contributed by atoms with Gasteiger partial charge in [-0.25, -0.2) is 0 Å². The Morgan fingerprint density at radius 2 is 1.86 bits per heavy atom. The van der Waals surface area contributed by atoms with E-state index in [1.54, 1.807) is 30.3 Å². The van der Waals surface area contributed by atoms with Gasteiger partial charge in [0.05, 0.1) is 21.7 Å². The summed E-state index contributed by atoms with van der Waals surface area (Å²) in [6.45, 7) is 0. The molecule has 0 bridgehead atoms. The van der Waals surface area contributed by atoms with Crippen LogP contribution < -0.4 is 5.43 Å². The lowest BCUT2D eigenvalue weighted by atomic mass is 10.1. The highest BCUT2D eigenvalue weighted by molar-refractivity contribution is 6.35. The summed E-state index contributed by atoms with van der Waals surface area (Å²) >= 11 is 12.1. The van der Waals surface area contributed by atoms with Gasteiger partial charge in [0.2, 0.25) is 0 Å². The van der Waals surface area contributed by atoms with Gasteiger partial charge in [0.1, 0.15) is 17.2 Å². The summed E-state index contributed by atoms with van der Waals surface area (Å²) in [5, 5.41) is 15.7. The van der Waals surface area contributed by atoms with Crippen molar-refractivity contribution in [3.8, 4) is 11.3 Å². The molecule has 11 heteroatoms. The fourth-order valence-corrected chi connectivity index (χ4v) is 2.76. The third-order valence-corrected chi connectivity index (χ3v) is 4.28. The van der Waals surface area contributed by atoms with Crippen molar-refractivity contribution in [1.29, 1.82) is 0 Å². The number of alkyl halides is 3. The van der Waals surface area contributed by atoms with Crippen LogP contribution in [-0.4, -0.2) is 11.1 Å². The standard InChI is InChI=1S/C18H10Cl2F3N3O3/c19-11-2-4-14(20)13(8-11)17-6-3-12(29-17)9-24-25-15-5-1-10(18(21,22)23)7-16(15)26(27)28/h1-9,25H/b24-9-. The average Bonchev–Trinajstić information content (AvgIpc) is 3.11. The Hall–Kier alpha value is -3.04. The largest absolute Gasteiger partial charge is 0.455 e. The zero-order chi connectivity index (χ0) is 21.2. The van der Waals surface area contributed by atoms with Crippen molar-refractivity contribution in [1.82, 2.24) is 0 Å². The van der Waals surface area contributed by atoms with Crippen LogP contribution in [0.4, 0.5) is 24.5 Å². The lowest BCUT2D eigenvalue weighted by Crippen LogP contribution is -2.06. The van der Waals surface area contributed by atoms with Crippen LogP contribution >= 0.6 is 23.2 Å². The summed E-state index contributed by atoms with van der Waals surface area (Å²) in [5.41, 5.74) is 0.807. The van der Waals surface area contributed by atoms with Crippen LogP contribution in [0.1, 0.15) is 11.3 Å². The fourth-order valence-electron chi connectivity index (χ4n) is 2.37. The summed E-state index contributed by atoms with van der Waals surface area (Å²) in [5.74, 6) is 0.692. The minimum Gasteiger partial charge on any atom is -0.455 e. The van der Waals surface area contributed by atoms with E-state index in [4.69, 9.17) is 27.6 Å². The van der Waals surface area contributed by atoms with Crippen molar-refractivity contribution >= 4 is 40.8 Å². The first-order chi connectivity index (χ1) is 13.6. The second-order valence-corrected chi connectivity index (χ2v) is 6.53. The number of hydrogen-bond acceptors (Lipinski definition) is 5. The van der Waals surface area contributed by atoms with E-state index in [0.29, 0.717) is 27.4 Å². The van der Waals surface area contributed by atoms with Gasteiger partial charge in [-0.3, -0.25) is 15.5 Å². The molecule has 0 spiro atoms. The maximum Gasteiger partial charge on any atom is 0.416 e. The highest BCUT2D eigenvalue weighted by Crippen LogP contribution is 2.35. The number of benzene rings is 2. The van der Waals surface area contributed by atoms with Crippen LogP contribution in [-0.2, 0) is 6.18 Å². The average molecular weight is 444 g/mol. The van der Waals surface area contributed by atoms with Gasteiger partial charge in [-0.05, 0) is 42.5 Å². The van der Waals surface area contributed by atoms with Crippen LogP contribution in [0.5, 0.6) is 0 Å². The molecule has 6 nitrogen and oxygen atoms in total. The number of halogens is 5. The van der Waals surface area contributed by atoms with Crippen molar-refractivity contribution in [2.75, 3.05) is 5.43 Å². The first-order valence-corrected chi connectivity index (χ1v) is 8.61. The van der Waals surface area contributed by atoms with Gasteiger partial charge in [-0.1, -0.05) is 23.2 Å². The Bertz CT molecular complexity index is 1100. The van der Waals surface area contributed by atoms with E-state index < -0.39 is 22.4 Å². The molecule has 1 aromatic heterocycles. The molecule has 0 saturated carbocycles. The molecule has 0 aliphatic heterocycles. The maximum absolute atomic E-state index is 12.7. The molecule has 1 N–H and O–H groups in total. The third kappa shape index (κ3) is 4.87. The molecule has 0 radical (unpaired) electrons. The van der Waals surface area contributed by atoms with E-state index in [2.05, 4.69) is 10.5 Å². The van der Waals surface area contributed by atoms with Crippen molar-refractivity contribution in [3.05, 3.63) is 80.0 Å². The molecule has 0 fully saturated rings. The van der Waals surface area contributed by atoms with Crippen LogP contribution in [0.25, 0.3) is 11.3 Å². The van der Waals surface area contributed by atoms with Crippen molar-refractivity contribution < 1.29 is 22.5 Å². The van der Waals surface area contributed by atoms with Gasteiger partial charge in [0, 0.05) is 16.7 Å². The summed E-state index contributed by atoms with van der Waals surface area (Å²) in [6.07, 6.45) is -3.48. The molecule has 0 unspecified atom stereocenters. The van der Waals surface area contributed by atoms with Crippen LogP contribution in [0.2, 0.25) is 10.0 Å². The molecule has 0 saturated heterocycles. The molecule has 150 valence electrons. The minimum atomic E-state index is -4.70. The number of nitrogens with zero attached hydrogens (tertiary/aromatic N) is 2. The molecule has 3 aromatic rings. The fraction of sp³-hybridized carbons (Fsp3) is 0.0556. The smallest absolute Gasteiger partial charge is 0.416 e. The number of nitro benzene ring substituents is 1. The molecule has 1 heterocycles. The Kier molecular flexibility index (Phi) is 5.81. The lowest BCUT2D eigenvalue weighted by Gasteiger charge is -2.08. The summed E-state index contributed by atoms with van der Waals surface area (Å²) in [4.78, 5) is 10.1. The maximum atomic E-state index is 12.7. The van der Waals surface area contributed by atoms with Crippen LogP contribution in [0, 0.1) is 10.1 Å². The van der Waals surface area contributed by atoms with E-state index in [0.717, 1.165) is 12.1 Å². The Balaban J connectivity index is 1.79. The molecule has 3 rings (SSSR count). The SMILES string of the molecule is O=[N+]([O-])c1cc(C(F)(F)F)ccc1N/N=C\c1ccc(-c2cc(Cl)ccc2Cl)o1. The van der Waals surface area contributed by atoms with E-state index in [1.807, 2.05) is 0 Å². The molecule has 0 amide bonds. The van der Waals surface area contributed by atoms with Gasteiger partial charge in [0.15, 0.2) is 0 Å². The second kappa shape index (κ2) is 8.14. The summed E-state index contributed by atoms with van der Waals surface area (Å²) < 4.78 is 43.8. The van der Waals surface area contributed by atoms with Crippen molar-refractivity contribution in [2.45, 2.75) is 6.18 Å². The highest BCUT2D eigenvalue weighted by Gasteiger charge is 2.33. The first-order valence-electron chi connectivity index (χ1n) is 7.85. The predicted molar refractivity (Wildman–Crippen MR) is 103 cm³/mol. The van der Waals surface area contributed by atoms with E-state index in [1.165, 1.54) is 6.21 Å². The van der Waals surface area contributed by atoms with E-state index in [-0.39, 0.29) is 11.4 Å². The number of rotatable bonds is 5. The van der Waals surface area contributed by atoms with Crippen LogP contribution in [0.3, 0.4) is 0 Å². The lowest BCUT2D eigenvalue weighted by molar-refractivity contribution is -0.384. The number of nitro groups is 1. The van der Waals surface area contributed by atoms with Gasteiger partial charge < -0.3 is 4.42 Å². The molecular formula is C18H10Cl2F3N3O3. The highest BCUT2D eigenvalue weighted by atomic mass is 35.5. The van der Waals surface area contributed by atoms with Gasteiger partial charge in [-0.2, -0.15) is 18.3 Å². The predicted octanol–water partition coefficient (Wildman–Crippen LogP) is 6.63. The number of hydrazone groups is 1. The quantitative estimate of drug-likeness (QED) is 0.272. The van der Waals surface area contributed by atoms with E-state index >= 15 is 0 Å². The van der Waals surface area contributed by atoms with Crippen LogP contribution in [0.15, 0.2) is 58.0 Å². The molecule has 0 aliphatic carbocycles. The molecular weight excluding hydrogens is 434 g/mol. The molecule has 0 aliphatic rings. The Morgan fingerprint density at radius 3 is 2.55 bits per heavy atom. The zero-order valence-corrected chi connectivity index (χ0v) is 15.7. The second-order valence-electron chi connectivity index (χ2n) is 5.68. The summed E-state index contributed by atoms with van der Waals surface area (Å²) in [6, 6.07) is 10.1. The number of hydrogen-bond donors (Lipinski definition) is 1. The summed E-state index contributed by atoms with van der Waals surface area (Å²) in [7, 11) is 0.